The van der Waals surface area contributed by atoms with Crippen molar-refractivity contribution in [1.29, 1.82) is 0 Å². The Labute approximate surface area is 161 Å². The van der Waals surface area contributed by atoms with Crippen LogP contribution in [0.15, 0.2) is 42.5 Å². The molecule has 0 spiro atoms. The van der Waals surface area contributed by atoms with Gasteiger partial charge in [-0.1, -0.05) is 50.1 Å². The molecule has 0 aliphatic carbocycles. The summed E-state index contributed by atoms with van der Waals surface area (Å²) < 4.78 is 5.55. The second-order valence-electron chi connectivity index (χ2n) is 6.89. The second kappa shape index (κ2) is 11.3. The Morgan fingerprint density at radius 2 is 1.52 bits per heavy atom. The molecule has 0 heterocycles. The van der Waals surface area contributed by atoms with Crippen LogP contribution in [0.3, 0.4) is 0 Å². The van der Waals surface area contributed by atoms with Crippen LogP contribution >= 0.6 is 0 Å². The highest BCUT2D eigenvalue weighted by Gasteiger charge is 2.15. The van der Waals surface area contributed by atoms with Crippen LogP contribution in [-0.2, 0) is 12.8 Å². The molecule has 0 aromatic heterocycles. The molecule has 0 unspecified atom stereocenters. The van der Waals surface area contributed by atoms with Gasteiger partial charge in [0, 0.05) is 0 Å². The summed E-state index contributed by atoms with van der Waals surface area (Å²) in [5.41, 5.74) is 2.61. The lowest BCUT2D eigenvalue weighted by molar-refractivity contribution is 0.0688. The van der Waals surface area contributed by atoms with E-state index in [1.54, 1.807) is 12.1 Å². The maximum absolute atomic E-state index is 11.2. The highest BCUT2D eigenvalue weighted by molar-refractivity contribution is 5.93. The number of phenols is 1. The van der Waals surface area contributed by atoms with E-state index >= 15 is 0 Å². The summed E-state index contributed by atoms with van der Waals surface area (Å²) in [7, 11) is 0. The second-order valence-corrected chi connectivity index (χ2v) is 6.89. The Balaban J connectivity index is 1.66. The summed E-state index contributed by atoms with van der Waals surface area (Å²) >= 11 is 0. The molecule has 0 radical (unpaired) electrons. The summed E-state index contributed by atoms with van der Waals surface area (Å²) in [6.45, 7) is 2.67. The number of carbonyl (C=O) groups is 1. The van der Waals surface area contributed by atoms with E-state index in [4.69, 9.17) is 9.84 Å². The number of unbranched alkanes of at least 4 members (excludes halogenated alkanes) is 4. The van der Waals surface area contributed by atoms with Gasteiger partial charge in [0.15, 0.2) is 0 Å². The molecule has 0 aliphatic heterocycles. The smallest absolute Gasteiger partial charge is 0.343 e. The minimum atomic E-state index is -1.18. The monoisotopic (exact) mass is 370 g/mol. The van der Waals surface area contributed by atoms with Crippen LogP contribution < -0.4 is 4.74 Å². The number of carboxylic acids is 1. The average molecular weight is 370 g/mol. The van der Waals surface area contributed by atoms with Gasteiger partial charge in [0.1, 0.15) is 17.1 Å². The van der Waals surface area contributed by atoms with E-state index in [2.05, 4.69) is 31.2 Å². The number of hydrogen-bond acceptors (Lipinski definition) is 3. The van der Waals surface area contributed by atoms with Crippen molar-refractivity contribution in [3.05, 3.63) is 59.2 Å². The molecule has 0 fully saturated rings. The number of aromatic hydroxyl groups is 1. The number of rotatable bonds is 12. The van der Waals surface area contributed by atoms with E-state index in [0.29, 0.717) is 6.61 Å². The van der Waals surface area contributed by atoms with Gasteiger partial charge in [-0.05, 0) is 61.8 Å². The van der Waals surface area contributed by atoms with Crippen LogP contribution in [0.4, 0.5) is 0 Å². The molecular formula is C23H30O4. The Morgan fingerprint density at radius 1 is 0.889 bits per heavy atom. The van der Waals surface area contributed by atoms with E-state index in [1.807, 2.05) is 0 Å². The minimum absolute atomic E-state index is 0.170. The van der Waals surface area contributed by atoms with Crippen molar-refractivity contribution in [3.8, 4) is 11.5 Å². The third kappa shape index (κ3) is 6.97. The van der Waals surface area contributed by atoms with Gasteiger partial charge < -0.3 is 14.9 Å². The van der Waals surface area contributed by atoms with E-state index in [-0.39, 0.29) is 17.1 Å². The summed E-state index contributed by atoms with van der Waals surface area (Å²) in [4.78, 5) is 11.2. The molecule has 2 aromatic carbocycles. The third-order valence-corrected chi connectivity index (χ3v) is 4.68. The van der Waals surface area contributed by atoms with Gasteiger partial charge in [0.05, 0.1) is 6.61 Å². The summed E-state index contributed by atoms with van der Waals surface area (Å²) in [6, 6.07) is 13.4. The number of aromatic carboxylic acids is 1. The first kappa shape index (κ1) is 20.8. The standard InChI is InChI=1S/C23H30O4/c1-2-3-5-9-18-13-15-19(16-14-18)10-6-4-7-17-27-21-12-8-11-20(24)22(21)23(25)26/h8,11-16,24H,2-7,9-10,17H2,1H3,(H,25,26). The van der Waals surface area contributed by atoms with Crippen molar-refractivity contribution < 1.29 is 19.7 Å². The van der Waals surface area contributed by atoms with E-state index in [0.717, 1.165) is 25.7 Å². The van der Waals surface area contributed by atoms with Crippen molar-refractivity contribution in [3.63, 3.8) is 0 Å². The lowest BCUT2D eigenvalue weighted by atomic mass is 10.0. The number of benzene rings is 2. The molecule has 2 rings (SSSR count). The zero-order chi connectivity index (χ0) is 19.5. The number of carboxylic acid groups (broad SMARTS) is 1. The Bertz CT molecular complexity index is 707. The molecule has 27 heavy (non-hydrogen) atoms. The Hall–Kier alpha value is -2.49. The molecule has 2 N–H and O–H groups in total. The minimum Gasteiger partial charge on any atom is -0.507 e. The quantitative estimate of drug-likeness (QED) is 0.476. The van der Waals surface area contributed by atoms with Gasteiger partial charge in [0.2, 0.25) is 0 Å². The molecular weight excluding hydrogens is 340 g/mol. The van der Waals surface area contributed by atoms with Gasteiger partial charge in [-0.3, -0.25) is 0 Å². The zero-order valence-electron chi connectivity index (χ0n) is 16.1. The predicted octanol–water partition coefficient (Wildman–Crippen LogP) is 5.61. The van der Waals surface area contributed by atoms with Crippen molar-refractivity contribution in [2.24, 2.45) is 0 Å². The molecule has 0 saturated heterocycles. The Kier molecular flexibility index (Phi) is 8.69. The number of ether oxygens (including phenoxy) is 1. The van der Waals surface area contributed by atoms with E-state index < -0.39 is 5.97 Å². The molecule has 0 atom stereocenters. The van der Waals surface area contributed by atoms with Crippen molar-refractivity contribution in [1.82, 2.24) is 0 Å². The van der Waals surface area contributed by atoms with E-state index in [1.165, 1.54) is 42.9 Å². The van der Waals surface area contributed by atoms with Gasteiger partial charge in [-0.25, -0.2) is 4.79 Å². The molecule has 0 amide bonds. The van der Waals surface area contributed by atoms with Crippen LogP contribution in [0.25, 0.3) is 0 Å². The van der Waals surface area contributed by atoms with Gasteiger partial charge in [-0.2, -0.15) is 0 Å². The summed E-state index contributed by atoms with van der Waals surface area (Å²) in [5.74, 6) is -1.22. The van der Waals surface area contributed by atoms with Gasteiger partial charge in [-0.15, -0.1) is 0 Å². The first-order valence-corrected chi connectivity index (χ1v) is 9.87. The number of hydrogen-bond donors (Lipinski definition) is 2. The van der Waals surface area contributed by atoms with E-state index in [9.17, 15) is 9.90 Å². The normalized spacial score (nSPS) is 10.7. The predicted molar refractivity (Wildman–Crippen MR) is 108 cm³/mol. The Morgan fingerprint density at radius 3 is 2.11 bits per heavy atom. The lowest BCUT2D eigenvalue weighted by Gasteiger charge is -2.10. The van der Waals surface area contributed by atoms with Crippen molar-refractivity contribution in [2.75, 3.05) is 6.61 Å². The largest absolute Gasteiger partial charge is 0.507 e. The first-order valence-electron chi connectivity index (χ1n) is 9.87. The maximum atomic E-state index is 11.2. The average Bonchev–Trinajstić information content (AvgIpc) is 2.65. The highest BCUT2D eigenvalue weighted by Crippen LogP contribution is 2.27. The summed E-state index contributed by atoms with van der Waals surface area (Å²) in [5, 5.41) is 18.8. The molecule has 4 nitrogen and oxygen atoms in total. The van der Waals surface area contributed by atoms with Crippen LogP contribution in [-0.4, -0.2) is 22.8 Å². The fourth-order valence-electron chi connectivity index (χ4n) is 3.10. The highest BCUT2D eigenvalue weighted by atomic mass is 16.5. The van der Waals surface area contributed by atoms with Crippen molar-refractivity contribution in [2.45, 2.75) is 58.3 Å². The van der Waals surface area contributed by atoms with Crippen LogP contribution in [0.2, 0.25) is 0 Å². The topological polar surface area (TPSA) is 66.8 Å². The first-order chi connectivity index (χ1) is 13.1. The van der Waals surface area contributed by atoms with Crippen LogP contribution in [0.5, 0.6) is 11.5 Å². The van der Waals surface area contributed by atoms with Crippen LogP contribution in [0.1, 0.15) is 66.9 Å². The molecule has 0 bridgehead atoms. The number of aryl methyl sites for hydroxylation is 2. The molecule has 0 saturated carbocycles. The lowest BCUT2D eigenvalue weighted by Crippen LogP contribution is -2.05. The molecule has 2 aromatic rings. The van der Waals surface area contributed by atoms with Crippen LogP contribution in [0, 0.1) is 0 Å². The molecule has 146 valence electrons. The fourth-order valence-corrected chi connectivity index (χ4v) is 3.10. The van der Waals surface area contributed by atoms with Gasteiger partial charge >= 0.3 is 5.97 Å². The zero-order valence-corrected chi connectivity index (χ0v) is 16.1. The molecule has 0 aliphatic rings. The maximum Gasteiger partial charge on any atom is 0.343 e. The SMILES string of the molecule is CCCCCc1ccc(CCCCCOc2cccc(O)c2C(=O)O)cc1. The molecule has 4 heteroatoms. The fraction of sp³-hybridized carbons (Fsp3) is 0.435. The van der Waals surface area contributed by atoms with Crippen molar-refractivity contribution >= 4 is 5.97 Å². The van der Waals surface area contributed by atoms with Gasteiger partial charge in [0.25, 0.3) is 0 Å². The summed E-state index contributed by atoms with van der Waals surface area (Å²) in [6.07, 6.45) is 8.96. The third-order valence-electron chi connectivity index (χ3n) is 4.68.